The number of H-pyrrole nitrogens is 1. The lowest BCUT2D eigenvalue weighted by atomic mass is 10.0. The highest BCUT2D eigenvalue weighted by atomic mass is 15.3. The van der Waals surface area contributed by atoms with Gasteiger partial charge in [-0.1, -0.05) is 18.2 Å². The molecule has 0 radical (unpaired) electrons. The van der Waals surface area contributed by atoms with E-state index in [0.717, 1.165) is 33.5 Å². The van der Waals surface area contributed by atoms with Crippen LogP contribution >= 0.6 is 0 Å². The Bertz CT molecular complexity index is 997. The van der Waals surface area contributed by atoms with E-state index in [0.29, 0.717) is 11.6 Å². The Hall–Kier alpha value is -3.28. The van der Waals surface area contributed by atoms with Crippen molar-refractivity contribution in [2.24, 2.45) is 0 Å². The van der Waals surface area contributed by atoms with Gasteiger partial charge in [0, 0.05) is 22.7 Å². The van der Waals surface area contributed by atoms with Gasteiger partial charge in [-0.05, 0) is 31.2 Å². The third kappa shape index (κ3) is 2.03. The van der Waals surface area contributed by atoms with E-state index >= 15 is 0 Å². The lowest BCUT2D eigenvalue weighted by Crippen LogP contribution is -2.02. The fourth-order valence-corrected chi connectivity index (χ4v) is 2.91. The molecule has 114 valence electrons. The first kappa shape index (κ1) is 13.4. The molecule has 0 unspecified atom stereocenters. The van der Waals surface area contributed by atoms with Gasteiger partial charge >= 0.3 is 0 Å². The molecule has 6 heteroatoms. The quantitative estimate of drug-likeness (QED) is 0.530. The molecule has 0 fully saturated rings. The molecule has 23 heavy (non-hydrogen) atoms. The van der Waals surface area contributed by atoms with Gasteiger partial charge in [0.1, 0.15) is 17.3 Å². The molecule has 3 heterocycles. The van der Waals surface area contributed by atoms with Crippen LogP contribution in [0.5, 0.6) is 0 Å². The number of pyridine rings is 1. The Morgan fingerprint density at radius 3 is 2.65 bits per heavy atom. The molecule has 0 aliphatic rings. The van der Waals surface area contributed by atoms with Crippen LogP contribution in [-0.2, 0) is 0 Å². The van der Waals surface area contributed by atoms with E-state index in [1.54, 1.807) is 4.68 Å². The van der Waals surface area contributed by atoms with Gasteiger partial charge in [0.25, 0.3) is 0 Å². The van der Waals surface area contributed by atoms with Crippen molar-refractivity contribution in [3.8, 4) is 16.8 Å². The van der Waals surface area contributed by atoms with E-state index in [4.69, 9.17) is 11.5 Å². The number of benzene rings is 1. The summed E-state index contributed by atoms with van der Waals surface area (Å²) < 4.78 is 1.75. The van der Waals surface area contributed by atoms with Crippen LogP contribution in [0.2, 0.25) is 0 Å². The number of nitrogens with two attached hydrogens (primary N) is 2. The third-order valence-electron chi connectivity index (χ3n) is 3.91. The van der Waals surface area contributed by atoms with Gasteiger partial charge in [0.15, 0.2) is 0 Å². The number of rotatable bonds is 2. The van der Waals surface area contributed by atoms with Crippen LogP contribution < -0.4 is 11.5 Å². The van der Waals surface area contributed by atoms with Crippen molar-refractivity contribution in [1.29, 1.82) is 0 Å². The van der Waals surface area contributed by atoms with E-state index in [9.17, 15) is 0 Å². The van der Waals surface area contributed by atoms with Crippen LogP contribution in [0.25, 0.3) is 27.8 Å². The molecular formula is C17H16N6. The molecular weight excluding hydrogens is 288 g/mol. The SMILES string of the molecule is Cc1nn(-c2ccccc2)c(N)c1-c1cc(N)nc2[nH]ccc12. The summed E-state index contributed by atoms with van der Waals surface area (Å²) in [5.41, 5.74) is 16.7. The van der Waals surface area contributed by atoms with Gasteiger partial charge in [0.05, 0.1) is 11.4 Å². The maximum Gasteiger partial charge on any atom is 0.140 e. The number of para-hydroxylation sites is 1. The Balaban J connectivity index is 1.99. The van der Waals surface area contributed by atoms with Crippen molar-refractivity contribution in [2.45, 2.75) is 6.92 Å². The first-order valence-electron chi connectivity index (χ1n) is 7.29. The predicted molar refractivity (Wildman–Crippen MR) is 92.2 cm³/mol. The lowest BCUT2D eigenvalue weighted by molar-refractivity contribution is 0.872. The summed E-state index contributed by atoms with van der Waals surface area (Å²) in [5, 5.41) is 5.57. The fraction of sp³-hybridized carbons (Fsp3) is 0.0588. The van der Waals surface area contributed by atoms with Gasteiger partial charge in [-0.3, -0.25) is 0 Å². The average molecular weight is 304 g/mol. The van der Waals surface area contributed by atoms with Crippen LogP contribution in [0.4, 0.5) is 11.6 Å². The highest BCUT2D eigenvalue weighted by Gasteiger charge is 2.18. The molecule has 0 saturated carbocycles. The molecule has 6 nitrogen and oxygen atoms in total. The number of fused-ring (bicyclic) bond motifs is 1. The summed E-state index contributed by atoms with van der Waals surface area (Å²) in [4.78, 5) is 7.39. The van der Waals surface area contributed by atoms with Crippen molar-refractivity contribution in [2.75, 3.05) is 11.5 Å². The second-order valence-corrected chi connectivity index (χ2v) is 5.43. The summed E-state index contributed by atoms with van der Waals surface area (Å²) >= 11 is 0. The van der Waals surface area contributed by atoms with Crippen molar-refractivity contribution >= 4 is 22.7 Å². The second kappa shape index (κ2) is 4.88. The summed E-state index contributed by atoms with van der Waals surface area (Å²) in [6, 6.07) is 13.6. The predicted octanol–water partition coefficient (Wildman–Crippen LogP) is 2.89. The Morgan fingerprint density at radius 1 is 1.09 bits per heavy atom. The summed E-state index contributed by atoms with van der Waals surface area (Å²) in [6.45, 7) is 1.94. The molecule has 0 atom stereocenters. The second-order valence-electron chi connectivity index (χ2n) is 5.43. The zero-order chi connectivity index (χ0) is 16.0. The minimum Gasteiger partial charge on any atom is -0.384 e. The maximum absolute atomic E-state index is 6.41. The highest BCUT2D eigenvalue weighted by molar-refractivity contribution is 5.98. The van der Waals surface area contributed by atoms with Crippen LogP contribution in [0.15, 0.2) is 48.7 Å². The molecule has 4 aromatic rings. The van der Waals surface area contributed by atoms with Crippen molar-refractivity contribution in [3.63, 3.8) is 0 Å². The number of hydrogen-bond donors (Lipinski definition) is 3. The van der Waals surface area contributed by atoms with Gasteiger partial charge in [-0.15, -0.1) is 0 Å². The Morgan fingerprint density at radius 2 is 1.87 bits per heavy atom. The molecule has 0 bridgehead atoms. The molecule has 0 spiro atoms. The zero-order valence-electron chi connectivity index (χ0n) is 12.6. The molecule has 1 aromatic carbocycles. The average Bonchev–Trinajstić information content (AvgIpc) is 3.12. The molecule has 3 aromatic heterocycles. The third-order valence-corrected chi connectivity index (χ3v) is 3.91. The number of hydrogen-bond acceptors (Lipinski definition) is 4. The van der Waals surface area contributed by atoms with Gasteiger partial charge in [0.2, 0.25) is 0 Å². The monoisotopic (exact) mass is 304 g/mol. The highest BCUT2D eigenvalue weighted by Crippen LogP contribution is 2.36. The number of nitrogens with one attached hydrogen (secondary N) is 1. The summed E-state index contributed by atoms with van der Waals surface area (Å²) in [6.07, 6.45) is 1.84. The topological polar surface area (TPSA) is 98.5 Å². The molecule has 0 saturated heterocycles. The Kier molecular flexibility index (Phi) is 2.84. The maximum atomic E-state index is 6.41. The number of nitrogen functional groups attached to an aromatic ring is 2. The van der Waals surface area contributed by atoms with E-state index < -0.39 is 0 Å². The first-order chi connectivity index (χ1) is 11.1. The zero-order valence-corrected chi connectivity index (χ0v) is 12.6. The van der Waals surface area contributed by atoms with E-state index in [-0.39, 0.29) is 0 Å². The lowest BCUT2D eigenvalue weighted by Gasteiger charge is -2.07. The van der Waals surface area contributed by atoms with Gasteiger partial charge in [-0.25, -0.2) is 9.67 Å². The number of aromatic amines is 1. The minimum absolute atomic E-state index is 0.446. The molecule has 0 amide bonds. The molecule has 0 aliphatic heterocycles. The van der Waals surface area contributed by atoms with E-state index in [1.165, 1.54) is 0 Å². The molecule has 0 aliphatic carbocycles. The van der Waals surface area contributed by atoms with E-state index in [1.807, 2.05) is 55.6 Å². The largest absolute Gasteiger partial charge is 0.384 e. The standard InChI is InChI=1S/C17H16N6/c1-10-15(13-9-14(18)21-17-12(13)7-8-20-17)16(19)23(22-10)11-5-3-2-4-6-11/h2-9H,19H2,1H3,(H3,18,20,21). The van der Waals surface area contributed by atoms with Gasteiger partial charge in [-0.2, -0.15) is 5.10 Å². The van der Waals surface area contributed by atoms with Crippen molar-refractivity contribution < 1.29 is 0 Å². The molecule has 5 N–H and O–H groups in total. The minimum atomic E-state index is 0.446. The van der Waals surface area contributed by atoms with Crippen molar-refractivity contribution in [1.82, 2.24) is 19.7 Å². The fourth-order valence-electron chi connectivity index (χ4n) is 2.91. The van der Waals surface area contributed by atoms with Gasteiger partial charge < -0.3 is 16.5 Å². The molecule has 4 rings (SSSR count). The normalized spacial score (nSPS) is 11.2. The number of nitrogens with zero attached hydrogens (tertiary/aromatic N) is 3. The summed E-state index contributed by atoms with van der Waals surface area (Å²) in [7, 11) is 0. The Labute approximate surface area is 132 Å². The van der Waals surface area contributed by atoms with Crippen LogP contribution in [0, 0.1) is 6.92 Å². The summed E-state index contributed by atoms with van der Waals surface area (Å²) in [5.74, 6) is 1.03. The first-order valence-corrected chi connectivity index (χ1v) is 7.29. The van der Waals surface area contributed by atoms with E-state index in [2.05, 4.69) is 15.1 Å². The number of aromatic nitrogens is 4. The van der Waals surface area contributed by atoms with Crippen LogP contribution in [-0.4, -0.2) is 19.7 Å². The van der Waals surface area contributed by atoms with Crippen molar-refractivity contribution in [3.05, 3.63) is 54.4 Å². The smallest absolute Gasteiger partial charge is 0.140 e. The van der Waals surface area contributed by atoms with Crippen LogP contribution in [0.3, 0.4) is 0 Å². The number of aryl methyl sites for hydroxylation is 1. The number of anilines is 2. The van der Waals surface area contributed by atoms with Crippen LogP contribution in [0.1, 0.15) is 5.69 Å².